The van der Waals surface area contributed by atoms with Crippen molar-refractivity contribution in [1.82, 2.24) is 14.5 Å². The quantitative estimate of drug-likeness (QED) is 0.843. The van der Waals surface area contributed by atoms with Gasteiger partial charge in [-0.25, -0.2) is 0 Å². The molecule has 0 unspecified atom stereocenters. The lowest BCUT2D eigenvalue weighted by Crippen LogP contribution is -2.40. The summed E-state index contributed by atoms with van der Waals surface area (Å²) in [5, 5.41) is 0. The predicted molar refractivity (Wildman–Crippen MR) is 85.0 cm³/mol. The standard InChI is InChI=1S/C17H18N4O2/c1-19-8-3-5-14(19)17(23)20-9-6-13-15(20)10-16(22)21(13)12-4-2-7-18-11-12/h2-5,7-8,11,13,15H,6,9-10H2,1H3/t13-,15+/m1/s1. The second-order valence-corrected chi connectivity index (χ2v) is 6.11. The molecular formula is C17H18N4O2. The summed E-state index contributed by atoms with van der Waals surface area (Å²) in [5.74, 6) is 0.0724. The van der Waals surface area contributed by atoms with Crippen molar-refractivity contribution in [3.8, 4) is 0 Å². The lowest BCUT2D eigenvalue weighted by Gasteiger charge is -2.25. The number of anilines is 1. The third kappa shape index (κ3) is 2.13. The Balaban J connectivity index is 1.61. The minimum absolute atomic E-state index is 0.00540. The molecule has 0 bridgehead atoms. The summed E-state index contributed by atoms with van der Waals surface area (Å²) >= 11 is 0. The molecule has 0 aliphatic carbocycles. The van der Waals surface area contributed by atoms with Crippen LogP contribution < -0.4 is 4.90 Å². The van der Waals surface area contributed by atoms with Gasteiger partial charge in [-0.15, -0.1) is 0 Å². The monoisotopic (exact) mass is 310 g/mol. The number of hydrogen-bond donors (Lipinski definition) is 0. The highest BCUT2D eigenvalue weighted by Gasteiger charge is 2.49. The van der Waals surface area contributed by atoms with Crippen LogP contribution in [0.1, 0.15) is 23.3 Å². The van der Waals surface area contributed by atoms with Gasteiger partial charge in [-0.2, -0.15) is 0 Å². The largest absolute Gasteiger partial charge is 0.347 e. The van der Waals surface area contributed by atoms with Crippen LogP contribution in [-0.2, 0) is 11.8 Å². The van der Waals surface area contributed by atoms with Gasteiger partial charge in [0.1, 0.15) is 5.69 Å². The van der Waals surface area contributed by atoms with Crippen LogP contribution in [0.2, 0.25) is 0 Å². The first-order chi connectivity index (χ1) is 11.2. The maximum absolute atomic E-state index is 12.8. The van der Waals surface area contributed by atoms with Crippen molar-refractivity contribution in [3.05, 3.63) is 48.5 Å². The summed E-state index contributed by atoms with van der Waals surface area (Å²) in [4.78, 5) is 33.0. The number of aromatic nitrogens is 2. The maximum Gasteiger partial charge on any atom is 0.270 e. The van der Waals surface area contributed by atoms with Crippen LogP contribution in [0.25, 0.3) is 0 Å². The Morgan fingerprint density at radius 1 is 1.26 bits per heavy atom. The van der Waals surface area contributed by atoms with Gasteiger partial charge in [0.05, 0.1) is 24.0 Å². The van der Waals surface area contributed by atoms with Gasteiger partial charge in [0, 0.05) is 32.4 Å². The molecule has 0 aromatic carbocycles. The van der Waals surface area contributed by atoms with Crippen molar-refractivity contribution < 1.29 is 9.59 Å². The van der Waals surface area contributed by atoms with E-state index in [1.807, 2.05) is 51.9 Å². The van der Waals surface area contributed by atoms with Crippen LogP contribution in [0.4, 0.5) is 5.69 Å². The Kier molecular flexibility index (Phi) is 3.18. The molecule has 2 amide bonds. The Morgan fingerprint density at radius 3 is 2.83 bits per heavy atom. The number of carbonyl (C=O) groups excluding carboxylic acids is 2. The molecular weight excluding hydrogens is 292 g/mol. The van der Waals surface area contributed by atoms with E-state index in [1.54, 1.807) is 12.4 Å². The van der Waals surface area contributed by atoms with Crippen molar-refractivity contribution in [1.29, 1.82) is 0 Å². The molecule has 4 heterocycles. The molecule has 2 saturated heterocycles. The molecule has 2 aliphatic rings. The number of carbonyl (C=O) groups is 2. The van der Waals surface area contributed by atoms with Crippen molar-refractivity contribution >= 4 is 17.5 Å². The summed E-state index contributed by atoms with van der Waals surface area (Å²) in [6.45, 7) is 0.684. The van der Waals surface area contributed by atoms with Gasteiger partial charge < -0.3 is 14.4 Å². The molecule has 4 rings (SSSR count). The second-order valence-electron chi connectivity index (χ2n) is 6.11. The van der Waals surface area contributed by atoms with E-state index in [9.17, 15) is 9.59 Å². The fourth-order valence-corrected chi connectivity index (χ4v) is 3.76. The van der Waals surface area contributed by atoms with E-state index in [4.69, 9.17) is 0 Å². The van der Waals surface area contributed by atoms with Gasteiger partial charge in [-0.3, -0.25) is 14.6 Å². The highest BCUT2D eigenvalue weighted by molar-refractivity contribution is 5.99. The van der Waals surface area contributed by atoms with Gasteiger partial charge in [0.2, 0.25) is 5.91 Å². The molecule has 118 valence electrons. The van der Waals surface area contributed by atoms with E-state index in [-0.39, 0.29) is 23.9 Å². The number of rotatable bonds is 2. The first-order valence-electron chi connectivity index (χ1n) is 7.81. The van der Waals surface area contributed by atoms with Crippen LogP contribution in [0.3, 0.4) is 0 Å². The van der Waals surface area contributed by atoms with E-state index < -0.39 is 0 Å². The SMILES string of the molecule is Cn1cccc1C(=O)N1CC[C@@H]2[C@@H]1CC(=O)N2c1cccnc1. The van der Waals surface area contributed by atoms with E-state index in [2.05, 4.69) is 4.98 Å². The lowest BCUT2D eigenvalue weighted by molar-refractivity contribution is -0.117. The van der Waals surface area contributed by atoms with Crippen molar-refractivity contribution in [2.75, 3.05) is 11.4 Å². The summed E-state index contributed by atoms with van der Waals surface area (Å²) < 4.78 is 1.82. The van der Waals surface area contributed by atoms with Crippen LogP contribution in [0, 0.1) is 0 Å². The highest BCUT2D eigenvalue weighted by atomic mass is 16.2. The molecule has 0 saturated carbocycles. The summed E-state index contributed by atoms with van der Waals surface area (Å²) in [7, 11) is 1.86. The Morgan fingerprint density at radius 2 is 2.13 bits per heavy atom. The number of pyridine rings is 1. The molecule has 2 aliphatic heterocycles. The minimum Gasteiger partial charge on any atom is -0.347 e. The van der Waals surface area contributed by atoms with Gasteiger partial charge in [-0.1, -0.05) is 0 Å². The number of amides is 2. The molecule has 6 heteroatoms. The number of nitrogens with zero attached hydrogens (tertiary/aromatic N) is 4. The average Bonchev–Trinajstić information content (AvgIpc) is 3.22. The van der Waals surface area contributed by atoms with Crippen molar-refractivity contribution in [2.45, 2.75) is 24.9 Å². The lowest BCUT2D eigenvalue weighted by atomic mass is 10.1. The zero-order valence-corrected chi connectivity index (χ0v) is 12.9. The highest BCUT2D eigenvalue weighted by Crippen LogP contribution is 2.36. The topological polar surface area (TPSA) is 58.4 Å². The molecule has 0 radical (unpaired) electrons. The Bertz CT molecular complexity index is 755. The van der Waals surface area contributed by atoms with Gasteiger partial charge in [0.25, 0.3) is 5.91 Å². The maximum atomic E-state index is 12.8. The van der Waals surface area contributed by atoms with Crippen LogP contribution in [0.5, 0.6) is 0 Å². The Labute approximate surface area is 134 Å². The minimum atomic E-state index is -0.0508. The molecule has 0 N–H and O–H groups in total. The number of fused-ring (bicyclic) bond motifs is 1. The van der Waals surface area contributed by atoms with E-state index >= 15 is 0 Å². The van der Waals surface area contributed by atoms with Crippen LogP contribution in [-0.4, -0.2) is 44.9 Å². The van der Waals surface area contributed by atoms with E-state index in [1.165, 1.54) is 0 Å². The zero-order valence-electron chi connectivity index (χ0n) is 12.9. The molecule has 2 atom stereocenters. The fraction of sp³-hybridized carbons (Fsp3) is 0.353. The molecule has 2 aromatic heterocycles. The van der Waals surface area contributed by atoms with E-state index in [0.29, 0.717) is 18.7 Å². The second kappa shape index (κ2) is 5.22. The third-order valence-electron chi connectivity index (χ3n) is 4.84. The number of aryl methyl sites for hydroxylation is 1. The summed E-state index contributed by atoms with van der Waals surface area (Å²) in [6.07, 6.45) is 6.46. The fourth-order valence-electron chi connectivity index (χ4n) is 3.76. The smallest absolute Gasteiger partial charge is 0.270 e. The third-order valence-corrected chi connectivity index (χ3v) is 4.84. The van der Waals surface area contributed by atoms with Gasteiger partial charge in [-0.05, 0) is 30.7 Å². The van der Waals surface area contributed by atoms with Crippen molar-refractivity contribution in [3.63, 3.8) is 0 Å². The molecule has 6 nitrogen and oxygen atoms in total. The molecule has 2 aromatic rings. The predicted octanol–water partition coefficient (Wildman–Crippen LogP) is 1.44. The van der Waals surface area contributed by atoms with Crippen molar-refractivity contribution in [2.24, 2.45) is 7.05 Å². The van der Waals surface area contributed by atoms with Gasteiger partial charge >= 0.3 is 0 Å². The first-order valence-corrected chi connectivity index (χ1v) is 7.81. The van der Waals surface area contributed by atoms with E-state index in [0.717, 1.165) is 12.1 Å². The number of likely N-dealkylation sites (tertiary alicyclic amines) is 1. The first kappa shape index (κ1) is 14.0. The number of hydrogen-bond acceptors (Lipinski definition) is 3. The summed E-state index contributed by atoms with van der Waals surface area (Å²) in [6, 6.07) is 7.42. The van der Waals surface area contributed by atoms with Gasteiger partial charge in [0.15, 0.2) is 0 Å². The molecule has 0 spiro atoms. The normalized spacial score (nSPS) is 23.4. The molecule has 23 heavy (non-hydrogen) atoms. The van der Waals surface area contributed by atoms with Crippen LogP contribution in [0.15, 0.2) is 42.9 Å². The zero-order chi connectivity index (χ0) is 16.0. The Hall–Kier alpha value is -2.63. The van der Waals surface area contributed by atoms with Crippen LogP contribution >= 0.6 is 0 Å². The molecule has 2 fully saturated rings. The summed E-state index contributed by atoms with van der Waals surface area (Å²) in [5.41, 5.74) is 1.48. The average molecular weight is 310 g/mol.